The molecule has 0 spiro atoms. The van der Waals surface area contributed by atoms with Crippen LogP contribution >= 0.6 is 11.3 Å². The number of fused-ring (bicyclic) bond motifs is 1. The maximum Gasteiger partial charge on any atom is 0.246 e. The highest BCUT2D eigenvalue weighted by Crippen LogP contribution is 2.37. The molecular formula is C36H44N4O3S. The van der Waals surface area contributed by atoms with Crippen LogP contribution in [0.5, 0.6) is 0 Å². The van der Waals surface area contributed by atoms with Crippen LogP contribution in [0.3, 0.4) is 0 Å². The Labute approximate surface area is 265 Å². The Morgan fingerprint density at radius 3 is 2.48 bits per heavy atom. The van der Waals surface area contributed by atoms with E-state index in [2.05, 4.69) is 10.2 Å². The molecule has 1 saturated carbocycles. The number of benzene rings is 2. The Morgan fingerprint density at radius 1 is 0.955 bits per heavy atom. The van der Waals surface area contributed by atoms with Gasteiger partial charge in [-0.25, -0.2) is 4.98 Å². The van der Waals surface area contributed by atoms with Gasteiger partial charge < -0.3 is 10.2 Å². The maximum atomic E-state index is 14.6. The van der Waals surface area contributed by atoms with E-state index >= 15 is 0 Å². The minimum absolute atomic E-state index is 0.0163. The van der Waals surface area contributed by atoms with Crippen molar-refractivity contribution >= 4 is 28.9 Å². The van der Waals surface area contributed by atoms with Gasteiger partial charge in [0.2, 0.25) is 17.6 Å². The van der Waals surface area contributed by atoms with E-state index in [1.54, 1.807) is 0 Å². The molecule has 232 valence electrons. The quantitative estimate of drug-likeness (QED) is 0.279. The van der Waals surface area contributed by atoms with Gasteiger partial charge in [0.15, 0.2) is 0 Å². The summed E-state index contributed by atoms with van der Waals surface area (Å²) in [5.41, 5.74) is 2.91. The van der Waals surface area contributed by atoms with Crippen LogP contribution in [-0.4, -0.2) is 64.1 Å². The Morgan fingerprint density at radius 2 is 1.70 bits per heavy atom. The van der Waals surface area contributed by atoms with E-state index in [-0.39, 0.29) is 35.5 Å². The first kappa shape index (κ1) is 30.7. The van der Waals surface area contributed by atoms with E-state index in [0.29, 0.717) is 30.4 Å². The van der Waals surface area contributed by atoms with Gasteiger partial charge in [0.25, 0.3) is 0 Å². The van der Waals surface area contributed by atoms with Gasteiger partial charge in [-0.05, 0) is 55.7 Å². The van der Waals surface area contributed by atoms with Crippen LogP contribution in [0.1, 0.15) is 92.3 Å². The van der Waals surface area contributed by atoms with Crippen LogP contribution in [0.4, 0.5) is 0 Å². The van der Waals surface area contributed by atoms with Crippen LogP contribution in [-0.2, 0) is 9.59 Å². The monoisotopic (exact) mass is 612 g/mol. The first-order valence-electron chi connectivity index (χ1n) is 16.4. The zero-order valence-corrected chi connectivity index (χ0v) is 26.7. The fourth-order valence-corrected chi connectivity index (χ4v) is 8.12. The third-order valence-electron chi connectivity index (χ3n) is 10.0. The first-order chi connectivity index (χ1) is 21.4. The Bertz CT molecular complexity index is 1470. The number of thiazole rings is 1. The summed E-state index contributed by atoms with van der Waals surface area (Å²) >= 11 is 1.47. The van der Waals surface area contributed by atoms with Crippen molar-refractivity contribution in [3.8, 4) is 11.1 Å². The molecule has 1 N–H and O–H groups in total. The van der Waals surface area contributed by atoms with E-state index in [0.717, 1.165) is 67.6 Å². The van der Waals surface area contributed by atoms with Crippen LogP contribution in [0, 0.1) is 11.8 Å². The molecule has 3 heterocycles. The molecule has 3 aromatic rings. The largest absolute Gasteiger partial charge is 0.344 e. The number of aromatic nitrogens is 1. The maximum absolute atomic E-state index is 14.6. The highest BCUT2D eigenvalue weighted by atomic mass is 32.1. The van der Waals surface area contributed by atoms with Crippen molar-refractivity contribution < 1.29 is 14.4 Å². The molecule has 6 rings (SSSR count). The van der Waals surface area contributed by atoms with Gasteiger partial charge in [-0.15, -0.1) is 11.3 Å². The standard InChI is InChI=1S/C36H44N4O3S/c1-3-24(2)34(42)38-32(26-15-8-5-9-16-26)36(43)40-21-27-17-12-20-39(27)22-31(40)35-37-30(23-44-35)33(41)29-19-11-10-18-28(29)25-13-6-4-7-14-25/h4,6-7,10-11,13-14,18-19,23-24,26-27,31-32H,3,5,8-9,12,15-17,20-22H2,1-2H3,(H,38,42)/t24-,27-,31+,32+/m1/s1. The number of amides is 2. The fraction of sp³-hybridized carbons (Fsp3) is 0.500. The molecule has 1 aliphatic carbocycles. The normalized spacial score (nSPS) is 22.3. The molecule has 0 bridgehead atoms. The van der Waals surface area contributed by atoms with Gasteiger partial charge in [-0.2, -0.15) is 0 Å². The molecule has 7 nitrogen and oxygen atoms in total. The van der Waals surface area contributed by atoms with Crippen molar-refractivity contribution in [2.45, 2.75) is 83.3 Å². The lowest BCUT2D eigenvalue weighted by molar-refractivity contribution is -0.144. The first-order valence-corrected chi connectivity index (χ1v) is 17.3. The Kier molecular flexibility index (Phi) is 9.57. The summed E-state index contributed by atoms with van der Waals surface area (Å²) in [7, 11) is 0. The van der Waals surface area contributed by atoms with Gasteiger partial charge in [0.1, 0.15) is 16.7 Å². The molecule has 3 fully saturated rings. The number of hydrogen-bond donors (Lipinski definition) is 1. The average molecular weight is 613 g/mol. The minimum Gasteiger partial charge on any atom is -0.344 e. The van der Waals surface area contributed by atoms with E-state index < -0.39 is 6.04 Å². The number of nitrogens with zero attached hydrogens (tertiary/aromatic N) is 3. The molecule has 0 unspecified atom stereocenters. The third kappa shape index (κ3) is 6.38. The highest BCUT2D eigenvalue weighted by molar-refractivity contribution is 7.10. The lowest BCUT2D eigenvalue weighted by Crippen LogP contribution is -2.60. The van der Waals surface area contributed by atoms with Gasteiger partial charge >= 0.3 is 0 Å². The van der Waals surface area contributed by atoms with Crippen LogP contribution in [0.25, 0.3) is 11.1 Å². The predicted molar refractivity (Wildman–Crippen MR) is 174 cm³/mol. The molecule has 44 heavy (non-hydrogen) atoms. The van der Waals surface area contributed by atoms with E-state index in [1.807, 2.05) is 78.7 Å². The van der Waals surface area contributed by atoms with Crippen LogP contribution < -0.4 is 5.32 Å². The number of carbonyl (C=O) groups is 3. The summed E-state index contributed by atoms with van der Waals surface area (Å²) in [6.07, 6.45) is 8.22. The van der Waals surface area contributed by atoms with Crippen molar-refractivity contribution in [3.05, 3.63) is 76.2 Å². The number of nitrogens with one attached hydrogen (secondary N) is 1. The number of rotatable bonds is 9. The average Bonchev–Trinajstić information content (AvgIpc) is 3.76. The summed E-state index contributed by atoms with van der Waals surface area (Å²) in [4.78, 5) is 51.0. The SMILES string of the molecule is CC[C@@H](C)C(=O)N[C@H](C(=O)N1C[C@H]2CCCN2C[C@H]1c1nc(C(=O)c2ccccc2-c2ccccc2)cs1)C1CCCCC1. The zero-order valence-electron chi connectivity index (χ0n) is 25.9. The Hall–Kier alpha value is -3.36. The molecule has 2 aliphatic heterocycles. The van der Waals surface area contributed by atoms with Crippen molar-refractivity contribution in [3.63, 3.8) is 0 Å². The fourth-order valence-electron chi connectivity index (χ4n) is 7.21. The molecule has 2 aromatic carbocycles. The zero-order chi connectivity index (χ0) is 30.6. The molecule has 4 atom stereocenters. The highest BCUT2D eigenvalue weighted by Gasteiger charge is 2.44. The summed E-state index contributed by atoms with van der Waals surface area (Å²) < 4.78 is 0. The second-order valence-electron chi connectivity index (χ2n) is 12.8. The predicted octanol–water partition coefficient (Wildman–Crippen LogP) is 6.50. The molecular weight excluding hydrogens is 568 g/mol. The molecule has 1 aromatic heterocycles. The smallest absolute Gasteiger partial charge is 0.246 e. The van der Waals surface area contributed by atoms with Gasteiger partial charge in [0, 0.05) is 36.0 Å². The molecule has 8 heteroatoms. The summed E-state index contributed by atoms with van der Waals surface area (Å²) in [6, 6.07) is 17.2. The van der Waals surface area contributed by atoms with Crippen molar-refractivity contribution in [1.29, 1.82) is 0 Å². The third-order valence-corrected chi connectivity index (χ3v) is 11.0. The molecule has 2 saturated heterocycles. The van der Waals surface area contributed by atoms with E-state index in [9.17, 15) is 14.4 Å². The van der Waals surface area contributed by atoms with E-state index in [4.69, 9.17) is 4.98 Å². The number of hydrogen-bond acceptors (Lipinski definition) is 6. The molecule has 0 radical (unpaired) electrons. The summed E-state index contributed by atoms with van der Waals surface area (Å²) in [5.74, 6) is -0.119. The van der Waals surface area contributed by atoms with Crippen molar-refractivity contribution in [2.75, 3.05) is 19.6 Å². The van der Waals surface area contributed by atoms with Gasteiger partial charge in [-0.1, -0.05) is 87.7 Å². The number of ketones is 1. The van der Waals surface area contributed by atoms with Crippen LogP contribution in [0.15, 0.2) is 60.0 Å². The summed E-state index contributed by atoms with van der Waals surface area (Å²) in [5, 5.41) is 5.86. The molecule has 2 amide bonds. The number of piperazine rings is 1. The van der Waals surface area contributed by atoms with Gasteiger partial charge in [0.05, 0.1) is 6.04 Å². The van der Waals surface area contributed by atoms with Crippen molar-refractivity contribution in [2.24, 2.45) is 11.8 Å². The van der Waals surface area contributed by atoms with Gasteiger partial charge in [-0.3, -0.25) is 19.3 Å². The second-order valence-corrected chi connectivity index (χ2v) is 13.7. The minimum atomic E-state index is -0.522. The van der Waals surface area contributed by atoms with Crippen LogP contribution in [0.2, 0.25) is 0 Å². The Balaban J connectivity index is 1.30. The lowest BCUT2D eigenvalue weighted by Gasteiger charge is -2.45. The number of carbonyl (C=O) groups excluding carboxylic acids is 3. The molecule has 3 aliphatic rings. The topological polar surface area (TPSA) is 82.6 Å². The van der Waals surface area contributed by atoms with E-state index in [1.165, 1.54) is 17.8 Å². The summed E-state index contributed by atoms with van der Waals surface area (Å²) in [6.45, 7) is 6.29. The lowest BCUT2D eigenvalue weighted by atomic mass is 9.82. The van der Waals surface area contributed by atoms with Crippen molar-refractivity contribution in [1.82, 2.24) is 20.1 Å². The second kappa shape index (κ2) is 13.7.